The predicted octanol–water partition coefficient (Wildman–Crippen LogP) is 22.3. The smallest absolute Gasteiger partial charge is 0.462 e. The number of ether oxygens (including phenoxy) is 4. The van der Waals surface area contributed by atoms with Crippen LogP contribution in [0.2, 0.25) is 0 Å². The monoisotopic (exact) mass is 1400 g/mol. The molecule has 0 rings (SSSR count). The number of rotatable bonds is 75. The summed E-state index contributed by atoms with van der Waals surface area (Å²) in [6, 6.07) is 0. The van der Waals surface area contributed by atoms with Gasteiger partial charge in [0, 0.05) is 25.7 Å². The molecule has 0 aromatic heterocycles. The van der Waals surface area contributed by atoms with Gasteiger partial charge in [-0.1, -0.05) is 343 Å². The van der Waals surface area contributed by atoms with Crippen molar-refractivity contribution in [2.45, 2.75) is 413 Å². The van der Waals surface area contributed by atoms with Crippen LogP contribution in [0, 0.1) is 11.8 Å². The van der Waals surface area contributed by atoms with Crippen molar-refractivity contribution >= 4 is 39.5 Å². The van der Waals surface area contributed by atoms with Crippen molar-refractivity contribution in [3.63, 3.8) is 0 Å². The zero-order chi connectivity index (χ0) is 70.0. The number of hydrogen-bond donors (Lipinski definition) is 3. The molecule has 0 saturated carbocycles. The highest BCUT2D eigenvalue weighted by molar-refractivity contribution is 7.47. The second kappa shape index (κ2) is 67.9. The number of unbranched alkanes of at least 4 members (excludes halogenated alkanes) is 45. The van der Waals surface area contributed by atoms with Crippen LogP contribution < -0.4 is 0 Å². The van der Waals surface area contributed by atoms with Gasteiger partial charge in [-0.15, -0.1) is 0 Å². The quantitative estimate of drug-likeness (QED) is 0.0222. The number of aliphatic hydroxyl groups is 1. The van der Waals surface area contributed by atoms with E-state index in [1.54, 1.807) is 0 Å². The summed E-state index contributed by atoms with van der Waals surface area (Å²) in [6.07, 6.45) is 55.4. The zero-order valence-electron chi connectivity index (χ0n) is 62.0. The summed E-state index contributed by atoms with van der Waals surface area (Å²) in [5.41, 5.74) is 0. The SMILES string of the molecule is CCCCCCCCCCCCCC(=O)O[C@H](COC(=O)CCCCCCCCCCCC)COP(=O)(O)OC[C@H](O)COP(=O)(O)OC[C@@H](COC(=O)CCCCCCCCCCCCCCCC(C)C)OC(=O)CCCCCCCCCCCCCCCCCC(C)C. The average molecular weight is 1400 g/mol. The van der Waals surface area contributed by atoms with Crippen molar-refractivity contribution < 1.29 is 80.2 Å². The molecule has 2 unspecified atom stereocenters. The maximum Gasteiger partial charge on any atom is 0.472 e. The van der Waals surface area contributed by atoms with Crippen LogP contribution in [0.1, 0.15) is 395 Å². The van der Waals surface area contributed by atoms with Gasteiger partial charge in [-0.3, -0.25) is 37.3 Å². The van der Waals surface area contributed by atoms with Gasteiger partial charge in [0.2, 0.25) is 0 Å². The molecule has 0 bridgehead atoms. The molecule has 17 nitrogen and oxygen atoms in total. The Balaban J connectivity index is 5.23. The molecule has 0 aromatic rings. The van der Waals surface area contributed by atoms with Crippen LogP contribution in [0.5, 0.6) is 0 Å². The lowest BCUT2D eigenvalue weighted by molar-refractivity contribution is -0.161. The molecule has 0 spiro atoms. The number of esters is 4. The van der Waals surface area contributed by atoms with Gasteiger partial charge in [0.05, 0.1) is 26.4 Å². The van der Waals surface area contributed by atoms with Crippen LogP contribution in [-0.2, 0) is 65.4 Å². The normalized spacial score (nSPS) is 14.0. The third-order valence-electron chi connectivity index (χ3n) is 17.7. The number of phosphoric acid groups is 2. The molecule has 564 valence electrons. The van der Waals surface area contributed by atoms with Crippen LogP contribution in [0.3, 0.4) is 0 Å². The minimum Gasteiger partial charge on any atom is -0.462 e. The van der Waals surface area contributed by atoms with Crippen LogP contribution in [0.4, 0.5) is 0 Å². The molecule has 0 aromatic carbocycles. The second-order valence-electron chi connectivity index (χ2n) is 28.3. The molecule has 5 atom stereocenters. The molecule has 0 saturated heterocycles. The third kappa shape index (κ3) is 70.3. The Morgan fingerprint density at radius 2 is 0.484 bits per heavy atom. The summed E-state index contributed by atoms with van der Waals surface area (Å²) in [7, 11) is -9.91. The molecule has 0 heterocycles. The lowest BCUT2D eigenvalue weighted by atomic mass is 10.0. The van der Waals surface area contributed by atoms with E-state index in [4.69, 9.17) is 37.0 Å². The summed E-state index contributed by atoms with van der Waals surface area (Å²) in [5.74, 6) is -0.521. The van der Waals surface area contributed by atoms with Crippen molar-refractivity contribution in [2.75, 3.05) is 39.6 Å². The Morgan fingerprint density at radius 1 is 0.284 bits per heavy atom. The topological polar surface area (TPSA) is 237 Å². The fourth-order valence-corrected chi connectivity index (χ4v) is 13.2. The molecule has 0 aliphatic rings. The second-order valence-corrected chi connectivity index (χ2v) is 31.3. The van der Waals surface area contributed by atoms with Gasteiger partial charge >= 0.3 is 39.5 Å². The van der Waals surface area contributed by atoms with Crippen molar-refractivity contribution in [1.29, 1.82) is 0 Å². The first kappa shape index (κ1) is 93.1. The van der Waals surface area contributed by atoms with Gasteiger partial charge in [0.15, 0.2) is 12.2 Å². The maximum absolute atomic E-state index is 13.1. The molecule has 95 heavy (non-hydrogen) atoms. The number of carbonyl (C=O) groups excluding carboxylic acids is 4. The van der Waals surface area contributed by atoms with Gasteiger partial charge in [-0.2, -0.15) is 0 Å². The highest BCUT2D eigenvalue weighted by atomic mass is 31.2. The average Bonchev–Trinajstić information content (AvgIpc) is 1.43. The molecular formula is C76H148O17P2. The molecule has 0 aliphatic carbocycles. The zero-order valence-corrected chi connectivity index (χ0v) is 63.8. The number of carbonyl (C=O) groups is 4. The predicted molar refractivity (Wildman–Crippen MR) is 386 cm³/mol. The maximum atomic E-state index is 13.1. The van der Waals surface area contributed by atoms with Gasteiger partial charge < -0.3 is 33.8 Å². The Morgan fingerprint density at radius 3 is 0.716 bits per heavy atom. The van der Waals surface area contributed by atoms with E-state index in [-0.39, 0.29) is 25.7 Å². The Hall–Kier alpha value is -1.94. The van der Waals surface area contributed by atoms with E-state index >= 15 is 0 Å². The standard InChI is InChI=1S/C76H148O17P2/c1-7-9-11-13-15-17-27-36-42-48-54-60-75(80)92-71(64-86-73(78)58-52-46-40-34-18-16-14-12-10-8-2)66-90-94(82,83)88-62-70(77)63-89-95(84,85)91-67-72(65-87-74(79)59-53-47-41-35-30-26-22-24-29-33-39-45-51-57-69(5)6)93-76(81)61-55-49-43-37-31-25-21-19-20-23-28-32-38-44-50-56-68(3)4/h68-72,77H,7-67H2,1-6H3,(H,82,83)(H,84,85)/t70-,71+,72+/m0/s1. The van der Waals surface area contributed by atoms with Crippen LogP contribution in [0.15, 0.2) is 0 Å². The third-order valence-corrected chi connectivity index (χ3v) is 19.6. The molecule has 0 radical (unpaired) electrons. The van der Waals surface area contributed by atoms with Crippen LogP contribution >= 0.6 is 15.6 Å². The number of hydrogen-bond acceptors (Lipinski definition) is 15. The van der Waals surface area contributed by atoms with Gasteiger partial charge in [0.1, 0.15) is 19.3 Å². The highest BCUT2D eigenvalue weighted by Crippen LogP contribution is 2.45. The molecule has 0 fully saturated rings. The van der Waals surface area contributed by atoms with Crippen LogP contribution in [0.25, 0.3) is 0 Å². The molecule has 19 heteroatoms. The molecule has 0 aliphatic heterocycles. The van der Waals surface area contributed by atoms with E-state index in [2.05, 4.69) is 41.5 Å². The molecule has 0 amide bonds. The summed E-state index contributed by atoms with van der Waals surface area (Å²) < 4.78 is 68.5. The lowest BCUT2D eigenvalue weighted by Crippen LogP contribution is -2.30. The largest absolute Gasteiger partial charge is 0.472 e. The fraction of sp³-hybridized carbons (Fsp3) is 0.947. The Labute approximate surface area is 581 Å². The summed E-state index contributed by atoms with van der Waals surface area (Å²) >= 11 is 0. The van der Waals surface area contributed by atoms with Gasteiger partial charge in [-0.05, 0) is 37.5 Å². The summed E-state index contributed by atoms with van der Waals surface area (Å²) in [4.78, 5) is 72.8. The highest BCUT2D eigenvalue weighted by Gasteiger charge is 2.30. The van der Waals surface area contributed by atoms with Gasteiger partial charge in [-0.25, -0.2) is 9.13 Å². The summed E-state index contributed by atoms with van der Waals surface area (Å²) in [6.45, 7) is 9.63. The van der Waals surface area contributed by atoms with E-state index in [1.807, 2.05) is 0 Å². The van der Waals surface area contributed by atoms with Gasteiger partial charge in [0.25, 0.3) is 0 Å². The summed E-state index contributed by atoms with van der Waals surface area (Å²) in [5, 5.41) is 10.6. The van der Waals surface area contributed by atoms with Crippen molar-refractivity contribution in [3.05, 3.63) is 0 Å². The Bertz CT molecular complexity index is 1840. The molecular weight excluding hydrogens is 1250 g/mol. The first-order valence-corrected chi connectivity index (χ1v) is 42.5. The minimum atomic E-state index is -4.96. The van der Waals surface area contributed by atoms with E-state index < -0.39 is 97.5 Å². The van der Waals surface area contributed by atoms with E-state index in [9.17, 15) is 43.2 Å². The van der Waals surface area contributed by atoms with Crippen molar-refractivity contribution in [2.24, 2.45) is 11.8 Å². The first-order chi connectivity index (χ1) is 45.9. The lowest BCUT2D eigenvalue weighted by Gasteiger charge is -2.21. The van der Waals surface area contributed by atoms with E-state index in [0.717, 1.165) is 102 Å². The first-order valence-electron chi connectivity index (χ1n) is 39.5. The van der Waals surface area contributed by atoms with Crippen molar-refractivity contribution in [3.8, 4) is 0 Å². The number of phosphoric ester groups is 2. The minimum absolute atomic E-state index is 0.107. The van der Waals surface area contributed by atoms with E-state index in [0.29, 0.717) is 25.7 Å². The Kier molecular flexibility index (Phi) is 66.5. The van der Waals surface area contributed by atoms with E-state index in [1.165, 1.54) is 212 Å². The van der Waals surface area contributed by atoms with Crippen LogP contribution in [-0.4, -0.2) is 96.7 Å². The fourth-order valence-electron chi connectivity index (χ4n) is 11.7. The molecule has 3 N–H and O–H groups in total. The number of aliphatic hydroxyl groups excluding tert-OH is 1. The van der Waals surface area contributed by atoms with Crippen molar-refractivity contribution in [1.82, 2.24) is 0 Å².